The van der Waals surface area contributed by atoms with E-state index >= 15 is 0 Å². The first-order valence-corrected chi connectivity index (χ1v) is 5.78. The summed E-state index contributed by atoms with van der Waals surface area (Å²) in [5.41, 5.74) is -0.589. The third kappa shape index (κ3) is 3.58. The number of anilines is 1. The highest BCUT2D eigenvalue weighted by Crippen LogP contribution is 2.11. The number of carboxylic acids is 1. The lowest BCUT2D eigenvalue weighted by molar-refractivity contribution is -0.137. The fraction of sp³-hybridized carbons (Fsp3) is 0.583. The van der Waals surface area contributed by atoms with Gasteiger partial charge in [0.05, 0.1) is 6.42 Å². The van der Waals surface area contributed by atoms with Crippen molar-refractivity contribution in [3.05, 3.63) is 22.7 Å². The minimum Gasteiger partial charge on any atom is -0.481 e. The molecule has 0 spiro atoms. The van der Waals surface area contributed by atoms with Gasteiger partial charge in [0.15, 0.2) is 5.82 Å². The molecule has 0 fully saturated rings. The van der Waals surface area contributed by atoms with Crippen LogP contribution >= 0.6 is 0 Å². The van der Waals surface area contributed by atoms with E-state index in [2.05, 4.69) is 10.3 Å². The van der Waals surface area contributed by atoms with Crippen LogP contribution in [0.25, 0.3) is 0 Å². The zero-order valence-corrected chi connectivity index (χ0v) is 11.1. The summed E-state index contributed by atoms with van der Waals surface area (Å²) in [6.07, 6.45) is 3.09. The van der Waals surface area contributed by atoms with Crippen molar-refractivity contribution in [1.82, 2.24) is 9.55 Å². The van der Waals surface area contributed by atoms with Crippen molar-refractivity contribution < 1.29 is 9.90 Å². The standard InChI is InChI=1S/C12H19N3O3/c1-8(7-9(16)17)14-10-11(18)15(6-5-13-10)12(2,3)4/h5-6,8H,7H2,1-4H3,(H,13,14)(H,16,17). The van der Waals surface area contributed by atoms with Crippen LogP contribution in [0.2, 0.25) is 0 Å². The maximum atomic E-state index is 12.1. The molecule has 0 aromatic carbocycles. The minimum atomic E-state index is -0.915. The molecule has 18 heavy (non-hydrogen) atoms. The Labute approximate surface area is 106 Å². The van der Waals surface area contributed by atoms with Crippen LogP contribution in [0.1, 0.15) is 34.1 Å². The summed E-state index contributed by atoms with van der Waals surface area (Å²) in [5, 5.41) is 11.5. The predicted molar refractivity (Wildman–Crippen MR) is 68.8 cm³/mol. The van der Waals surface area contributed by atoms with Gasteiger partial charge >= 0.3 is 5.97 Å². The molecule has 6 nitrogen and oxygen atoms in total. The van der Waals surface area contributed by atoms with E-state index in [-0.39, 0.29) is 29.4 Å². The SMILES string of the molecule is CC(CC(=O)O)Nc1nccn(C(C)(C)C)c1=O. The summed E-state index contributed by atoms with van der Waals surface area (Å²) < 4.78 is 1.57. The summed E-state index contributed by atoms with van der Waals surface area (Å²) in [6, 6.07) is -0.349. The first-order valence-electron chi connectivity index (χ1n) is 5.78. The molecule has 1 aromatic rings. The van der Waals surface area contributed by atoms with E-state index in [0.717, 1.165) is 0 Å². The van der Waals surface area contributed by atoms with Crippen molar-refractivity contribution in [1.29, 1.82) is 0 Å². The topological polar surface area (TPSA) is 84.2 Å². The predicted octanol–water partition coefficient (Wildman–Crippen LogP) is 1.27. The first-order chi connectivity index (χ1) is 8.21. The molecule has 0 amide bonds. The van der Waals surface area contributed by atoms with Gasteiger partial charge in [0.25, 0.3) is 5.56 Å². The summed E-state index contributed by atoms with van der Waals surface area (Å²) in [5.74, 6) is -0.733. The first kappa shape index (κ1) is 14.2. The largest absolute Gasteiger partial charge is 0.481 e. The third-order valence-corrected chi connectivity index (χ3v) is 2.43. The van der Waals surface area contributed by atoms with Gasteiger partial charge in [-0.25, -0.2) is 4.98 Å². The van der Waals surface area contributed by atoms with Crippen LogP contribution in [0.15, 0.2) is 17.2 Å². The second kappa shape index (κ2) is 5.20. The van der Waals surface area contributed by atoms with E-state index in [1.54, 1.807) is 17.7 Å². The van der Waals surface area contributed by atoms with E-state index < -0.39 is 5.97 Å². The van der Waals surface area contributed by atoms with Crippen LogP contribution in [0.3, 0.4) is 0 Å². The summed E-state index contributed by atoms with van der Waals surface area (Å²) >= 11 is 0. The molecule has 1 aromatic heterocycles. The quantitative estimate of drug-likeness (QED) is 0.844. The number of aromatic nitrogens is 2. The maximum absolute atomic E-state index is 12.1. The number of hydrogen-bond donors (Lipinski definition) is 2. The fourth-order valence-corrected chi connectivity index (χ4v) is 1.59. The molecule has 0 bridgehead atoms. The number of aliphatic carboxylic acids is 1. The molecule has 0 radical (unpaired) electrons. The lowest BCUT2D eigenvalue weighted by Crippen LogP contribution is -2.36. The Morgan fingerprint density at radius 1 is 1.56 bits per heavy atom. The van der Waals surface area contributed by atoms with E-state index in [0.29, 0.717) is 0 Å². The number of nitrogens with one attached hydrogen (secondary N) is 1. The lowest BCUT2D eigenvalue weighted by atomic mass is 10.1. The van der Waals surface area contributed by atoms with Gasteiger partial charge in [0.1, 0.15) is 0 Å². The molecule has 100 valence electrons. The van der Waals surface area contributed by atoms with Crippen molar-refractivity contribution in [2.75, 3.05) is 5.32 Å². The molecule has 6 heteroatoms. The summed E-state index contributed by atoms with van der Waals surface area (Å²) in [4.78, 5) is 26.7. The molecule has 0 aliphatic heterocycles. The second-order valence-electron chi connectivity index (χ2n) is 5.27. The van der Waals surface area contributed by atoms with Gasteiger partial charge in [-0.2, -0.15) is 0 Å². The Morgan fingerprint density at radius 3 is 2.67 bits per heavy atom. The molecule has 0 aliphatic rings. The Balaban J connectivity index is 2.98. The lowest BCUT2D eigenvalue weighted by Gasteiger charge is -2.23. The molecule has 1 rings (SSSR count). The molecule has 2 N–H and O–H groups in total. The van der Waals surface area contributed by atoms with E-state index in [1.807, 2.05) is 20.8 Å². The highest BCUT2D eigenvalue weighted by atomic mass is 16.4. The van der Waals surface area contributed by atoms with Gasteiger partial charge in [-0.05, 0) is 27.7 Å². The molecular weight excluding hydrogens is 234 g/mol. The van der Waals surface area contributed by atoms with Crippen LogP contribution in [-0.2, 0) is 10.3 Å². The van der Waals surface area contributed by atoms with Gasteiger partial charge in [0, 0.05) is 24.0 Å². The maximum Gasteiger partial charge on any atom is 0.305 e. The Kier molecular flexibility index (Phi) is 4.11. The van der Waals surface area contributed by atoms with Crippen LogP contribution in [0.5, 0.6) is 0 Å². The van der Waals surface area contributed by atoms with Gasteiger partial charge < -0.3 is 15.0 Å². The van der Waals surface area contributed by atoms with Crippen LogP contribution < -0.4 is 10.9 Å². The van der Waals surface area contributed by atoms with Gasteiger partial charge in [-0.1, -0.05) is 0 Å². The molecule has 0 aliphatic carbocycles. The molecule has 1 unspecified atom stereocenters. The second-order valence-corrected chi connectivity index (χ2v) is 5.27. The van der Waals surface area contributed by atoms with E-state index in [4.69, 9.17) is 5.11 Å². The van der Waals surface area contributed by atoms with Gasteiger partial charge in [-0.15, -0.1) is 0 Å². The molecule has 0 saturated carbocycles. The number of rotatable bonds is 4. The number of nitrogens with zero attached hydrogens (tertiary/aromatic N) is 2. The zero-order valence-electron chi connectivity index (χ0n) is 11.1. The zero-order chi connectivity index (χ0) is 13.9. The Bertz CT molecular complexity index is 488. The monoisotopic (exact) mass is 253 g/mol. The van der Waals surface area contributed by atoms with Crippen LogP contribution in [0.4, 0.5) is 5.82 Å². The minimum absolute atomic E-state index is 0.0640. The Morgan fingerprint density at radius 2 is 2.17 bits per heavy atom. The molecule has 1 heterocycles. The van der Waals surface area contributed by atoms with Crippen LogP contribution in [-0.4, -0.2) is 26.7 Å². The van der Waals surface area contributed by atoms with Crippen molar-refractivity contribution in [2.24, 2.45) is 0 Å². The van der Waals surface area contributed by atoms with Gasteiger partial charge in [-0.3, -0.25) is 9.59 Å². The van der Waals surface area contributed by atoms with Crippen molar-refractivity contribution in [2.45, 2.75) is 45.7 Å². The number of hydrogen-bond acceptors (Lipinski definition) is 4. The van der Waals surface area contributed by atoms with E-state index in [9.17, 15) is 9.59 Å². The van der Waals surface area contributed by atoms with Crippen molar-refractivity contribution in [3.8, 4) is 0 Å². The van der Waals surface area contributed by atoms with Crippen LogP contribution in [0, 0.1) is 0 Å². The highest BCUT2D eigenvalue weighted by molar-refractivity contribution is 5.68. The highest BCUT2D eigenvalue weighted by Gasteiger charge is 2.17. The molecule has 1 atom stereocenters. The average molecular weight is 253 g/mol. The number of carbonyl (C=O) groups is 1. The molecular formula is C12H19N3O3. The fourth-order valence-electron chi connectivity index (χ4n) is 1.59. The summed E-state index contributed by atoms with van der Waals surface area (Å²) in [6.45, 7) is 7.44. The Hall–Kier alpha value is -1.85. The van der Waals surface area contributed by atoms with E-state index in [1.165, 1.54) is 6.20 Å². The van der Waals surface area contributed by atoms with Crippen molar-refractivity contribution >= 4 is 11.8 Å². The molecule has 0 saturated heterocycles. The number of carboxylic acid groups (broad SMARTS) is 1. The van der Waals surface area contributed by atoms with Gasteiger partial charge in [0.2, 0.25) is 0 Å². The average Bonchev–Trinajstić information content (AvgIpc) is 2.18. The normalized spacial score (nSPS) is 13.1. The van der Waals surface area contributed by atoms with Crippen molar-refractivity contribution in [3.63, 3.8) is 0 Å². The smallest absolute Gasteiger partial charge is 0.305 e. The third-order valence-electron chi connectivity index (χ3n) is 2.43. The summed E-state index contributed by atoms with van der Waals surface area (Å²) in [7, 11) is 0.